The number of benzene rings is 1. The van der Waals surface area contributed by atoms with Gasteiger partial charge >= 0.3 is 0 Å². The molecule has 102 valence electrons. The normalized spacial score (nSPS) is 21.8. The molecule has 0 spiro atoms. The van der Waals surface area contributed by atoms with Gasteiger partial charge < -0.3 is 5.73 Å². The summed E-state index contributed by atoms with van der Waals surface area (Å²) in [5.74, 6) is 0.372. The topological polar surface area (TPSA) is 50.7 Å². The molecule has 1 atom stereocenters. The van der Waals surface area contributed by atoms with E-state index >= 15 is 0 Å². The van der Waals surface area contributed by atoms with Gasteiger partial charge in [-0.15, -0.1) is 24.0 Å². The molecule has 0 radical (unpaired) electrons. The number of thiol groups is 1. The minimum absolute atomic E-state index is 0.372. The SMILES string of the molecule is Cc1cc(C2(c3cccc(Br)c3)N=C(N)C(S)=N2)cs1. The third kappa shape index (κ3) is 2.21. The predicted molar refractivity (Wildman–Crippen MR) is 92.0 cm³/mol. The van der Waals surface area contributed by atoms with Gasteiger partial charge in [-0.1, -0.05) is 28.1 Å². The van der Waals surface area contributed by atoms with Crippen LogP contribution in [-0.2, 0) is 5.66 Å². The van der Waals surface area contributed by atoms with Crippen LogP contribution in [0, 0.1) is 6.92 Å². The first-order valence-corrected chi connectivity index (χ1v) is 8.09. The Morgan fingerprint density at radius 3 is 2.60 bits per heavy atom. The van der Waals surface area contributed by atoms with Gasteiger partial charge in [-0.2, -0.15) is 0 Å². The lowest BCUT2D eigenvalue weighted by Gasteiger charge is -2.23. The van der Waals surface area contributed by atoms with Gasteiger partial charge in [0.15, 0.2) is 5.84 Å². The molecule has 20 heavy (non-hydrogen) atoms. The van der Waals surface area contributed by atoms with Crippen molar-refractivity contribution < 1.29 is 0 Å². The molecule has 1 aliphatic heterocycles. The zero-order valence-electron chi connectivity index (χ0n) is 10.7. The van der Waals surface area contributed by atoms with Crippen molar-refractivity contribution in [3.63, 3.8) is 0 Å². The molecule has 3 rings (SSSR count). The van der Waals surface area contributed by atoms with Gasteiger partial charge in [-0.05, 0) is 30.5 Å². The molecule has 1 aromatic heterocycles. The minimum atomic E-state index is -0.810. The summed E-state index contributed by atoms with van der Waals surface area (Å²) in [4.78, 5) is 10.4. The number of thiophene rings is 1. The van der Waals surface area contributed by atoms with Gasteiger partial charge in [0.1, 0.15) is 5.04 Å². The summed E-state index contributed by atoms with van der Waals surface area (Å²) in [6.45, 7) is 2.07. The zero-order chi connectivity index (χ0) is 14.3. The minimum Gasteiger partial charge on any atom is -0.382 e. The van der Waals surface area contributed by atoms with Crippen molar-refractivity contribution in [2.24, 2.45) is 15.7 Å². The molecule has 1 unspecified atom stereocenters. The first kappa shape index (κ1) is 13.9. The summed E-state index contributed by atoms with van der Waals surface area (Å²) in [6.07, 6.45) is 0. The van der Waals surface area contributed by atoms with Crippen molar-refractivity contribution in [3.8, 4) is 0 Å². The second-order valence-corrected chi connectivity index (χ2v) is 7.02. The first-order chi connectivity index (χ1) is 9.51. The van der Waals surface area contributed by atoms with Crippen molar-refractivity contribution in [1.82, 2.24) is 0 Å². The Morgan fingerprint density at radius 2 is 2.05 bits per heavy atom. The van der Waals surface area contributed by atoms with E-state index in [9.17, 15) is 0 Å². The molecule has 0 saturated carbocycles. The van der Waals surface area contributed by atoms with Gasteiger partial charge in [0.05, 0.1) is 0 Å². The summed E-state index contributed by atoms with van der Waals surface area (Å²) >= 11 is 9.49. The number of nitrogens with zero attached hydrogens (tertiary/aromatic N) is 2. The van der Waals surface area contributed by atoms with E-state index in [1.54, 1.807) is 11.3 Å². The van der Waals surface area contributed by atoms with Crippen LogP contribution in [0.2, 0.25) is 0 Å². The summed E-state index contributed by atoms with van der Waals surface area (Å²) in [5.41, 5.74) is 7.09. The van der Waals surface area contributed by atoms with Crippen molar-refractivity contribution in [2.75, 3.05) is 0 Å². The van der Waals surface area contributed by atoms with Gasteiger partial charge in [-0.25, -0.2) is 9.98 Å². The number of amidine groups is 1. The molecule has 2 aromatic rings. The van der Waals surface area contributed by atoms with E-state index in [4.69, 9.17) is 5.73 Å². The number of rotatable bonds is 2. The van der Waals surface area contributed by atoms with Crippen molar-refractivity contribution in [2.45, 2.75) is 12.6 Å². The summed E-state index contributed by atoms with van der Waals surface area (Å²) < 4.78 is 0.984. The van der Waals surface area contributed by atoms with E-state index in [0.29, 0.717) is 10.9 Å². The van der Waals surface area contributed by atoms with E-state index in [1.807, 2.05) is 24.3 Å². The van der Waals surface area contributed by atoms with Crippen LogP contribution in [0.3, 0.4) is 0 Å². The molecule has 0 saturated heterocycles. The van der Waals surface area contributed by atoms with Gasteiger partial charge in [0.2, 0.25) is 5.66 Å². The fraction of sp³-hybridized carbons (Fsp3) is 0.143. The van der Waals surface area contributed by atoms with Crippen LogP contribution in [-0.4, -0.2) is 10.9 Å². The Balaban J connectivity index is 2.26. The number of aryl methyl sites for hydroxylation is 1. The summed E-state index contributed by atoms with van der Waals surface area (Å²) in [5, 5.41) is 2.55. The molecule has 3 nitrogen and oxygen atoms in total. The fourth-order valence-electron chi connectivity index (χ4n) is 2.22. The highest BCUT2D eigenvalue weighted by atomic mass is 79.9. The Labute approximate surface area is 135 Å². The number of halogens is 1. The lowest BCUT2D eigenvalue weighted by atomic mass is 9.94. The monoisotopic (exact) mass is 365 g/mol. The molecule has 2 N–H and O–H groups in total. The van der Waals surface area contributed by atoms with Gasteiger partial charge in [-0.3, -0.25) is 0 Å². The van der Waals surface area contributed by atoms with Crippen LogP contribution in [0.4, 0.5) is 0 Å². The molecule has 1 aliphatic rings. The van der Waals surface area contributed by atoms with E-state index in [2.05, 4.69) is 56.9 Å². The van der Waals surface area contributed by atoms with Crippen LogP contribution in [0.15, 0.2) is 50.2 Å². The molecular formula is C14H12BrN3S2. The van der Waals surface area contributed by atoms with Crippen LogP contribution < -0.4 is 5.73 Å². The molecule has 0 aliphatic carbocycles. The third-order valence-corrected chi connectivity index (χ3v) is 4.82. The molecule has 0 fully saturated rings. The average Bonchev–Trinajstić information content (AvgIpc) is 2.96. The molecule has 2 heterocycles. The maximum atomic E-state index is 5.91. The lowest BCUT2D eigenvalue weighted by Crippen LogP contribution is -2.21. The molecule has 0 bridgehead atoms. The van der Waals surface area contributed by atoms with E-state index in [1.165, 1.54) is 4.88 Å². The van der Waals surface area contributed by atoms with E-state index in [0.717, 1.165) is 15.6 Å². The quantitative estimate of drug-likeness (QED) is 0.782. The number of nitrogens with two attached hydrogens (primary N) is 1. The largest absolute Gasteiger partial charge is 0.382 e. The second kappa shape index (κ2) is 5.02. The van der Waals surface area contributed by atoms with Crippen LogP contribution in [0.5, 0.6) is 0 Å². The Bertz CT molecular complexity index is 716. The van der Waals surface area contributed by atoms with E-state index < -0.39 is 5.66 Å². The van der Waals surface area contributed by atoms with Crippen molar-refractivity contribution in [1.29, 1.82) is 0 Å². The smallest absolute Gasteiger partial charge is 0.206 e. The lowest BCUT2D eigenvalue weighted by molar-refractivity contribution is 0.591. The molecular weight excluding hydrogens is 354 g/mol. The first-order valence-electron chi connectivity index (χ1n) is 5.97. The Morgan fingerprint density at radius 1 is 1.25 bits per heavy atom. The zero-order valence-corrected chi connectivity index (χ0v) is 14.0. The maximum Gasteiger partial charge on any atom is 0.206 e. The van der Waals surface area contributed by atoms with Gasteiger partial charge in [0.25, 0.3) is 0 Å². The second-order valence-electron chi connectivity index (χ2n) is 4.56. The predicted octanol–water partition coefficient (Wildman–Crippen LogP) is 3.72. The highest BCUT2D eigenvalue weighted by Gasteiger charge is 2.39. The number of aliphatic imine (C=N–C) groups is 2. The van der Waals surface area contributed by atoms with Crippen LogP contribution in [0.25, 0.3) is 0 Å². The number of hydrogen-bond donors (Lipinski definition) is 2. The van der Waals surface area contributed by atoms with E-state index in [-0.39, 0.29) is 0 Å². The maximum absolute atomic E-state index is 5.91. The van der Waals surface area contributed by atoms with Crippen molar-refractivity contribution >= 4 is 50.8 Å². The highest BCUT2D eigenvalue weighted by Crippen LogP contribution is 2.41. The number of hydrogen-bond acceptors (Lipinski definition) is 4. The van der Waals surface area contributed by atoms with Gasteiger partial charge in [0, 0.05) is 20.5 Å². The summed E-state index contributed by atoms with van der Waals surface area (Å²) in [7, 11) is 0. The Kier molecular flexibility index (Phi) is 3.48. The average molecular weight is 366 g/mol. The third-order valence-electron chi connectivity index (χ3n) is 3.14. The Hall–Kier alpha value is -1.11. The molecule has 6 heteroatoms. The van der Waals surface area contributed by atoms with Crippen LogP contribution >= 0.6 is 39.9 Å². The van der Waals surface area contributed by atoms with Crippen LogP contribution in [0.1, 0.15) is 16.0 Å². The highest BCUT2D eigenvalue weighted by molar-refractivity contribution is 9.10. The summed E-state index contributed by atoms with van der Waals surface area (Å²) in [6, 6.07) is 10.1. The standard InChI is InChI=1S/C14H12BrN3S2/c1-8-5-10(7-20-8)14(17-12(16)13(19)18-14)9-3-2-4-11(15)6-9/h2-7H,1H3,(H2,16,17)(H,18,19). The van der Waals surface area contributed by atoms with Crippen molar-refractivity contribution in [3.05, 3.63) is 56.2 Å². The fourth-order valence-corrected chi connectivity index (χ4v) is 3.55. The molecule has 1 aromatic carbocycles. The molecule has 0 amide bonds.